The monoisotopic (exact) mass is 395 g/mol. The SMILES string of the molecule is CC(C)(C)c1ccc(-c2nc(NC(=O)CC3CSCCN3)n[nH]2)cc1.Cl. The number of hydrogen-bond donors (Lipinski definition) is 3. The normalized spacial score (nSPS) is 17.4. The molecule has 1 atom stereocenters. The van der Waals surface area contributed by atoms with E-state index in [2.05, 4.69) is 58.7 Å². The number of carbonyl (C=O) groups is 1. The second-order valence-corrected chi connectivity index (χ2v) is 8.46. The number of benzene rings is 1. The van der Waals surface area contributed by atoms with Crippen LogP contribution in [0.25, 0.3) is 11.4 Å². The molecule has 1 saturated heterocycles. The Labute approximate surface area is 164 Å². The Bertz CT molecular complexity index is 720. The van der Waals surface area contributed by atoms with Crippen LogP contribution in [0.1, 0.15) is 32.8 Å². The summed E-state index contributed by atoms with van der Waals surface area (Å²) in [5, 5.41) is 13.1. The first-order valence-electron chi connectivity index (χ1n) is 8.56. The Balaban J connectivity index is 0.00000243. The van der Waals surface area contributed by atoms with Crippen LogP contribution in [-0.2, 0) is 10.2 Å². The maximum Gasteiger partial charge on any atom is 0.249 e. The first-order valence-corrected chi connectivity index (χ1v) is 9.71. The summed E-state index contributed by atoms with van der Waals surface area (Å²) in [5.41, 5.74) is 2.33. The van der Waals surface area contributed by atoms with Gasteiger partial charge in [-0.2, -0.15) is 16.7 Å². The van der Waals surface area contributed by atoms with Crippen molar-refractivity contribution in [3.63, 3.8) is 0 Å². The molecule has 0 saturated carbocycles. The van der Waals surface area contributed by atoms with E-state index in [1.54, 1.807) is 0 Å². The van der Waals surface area contributed by atoms with E-state index >= 15 is 0 Å². The number of rotatable bonds is 4. The van der Waals surface area contributed by atoms with Crippen molar-refractivity contribution in [2.45, 2.75) is 38.6 Å². The lowest BCUT2D eigenvalue weighted by Gasteiger charge is -2.22. The highest BCUT2D eigenvalue weighted by Crippen LogP contribution is 2.25. The van der Waals surface area contributed by atoms with Gasteiger partial charge in [0.25, 0.3) is 0 Å². The summed E-state index contributed by atoms with van der Waals surface area (Å²) in [4.78, 5) is 16.5. The molecule has 142 valence electrons. The number of H-pyrrole nitrogens is 1. The molecule has 6 nitrogen and oxygen atoms in total. The number of amides is 1. The molecular formula is C18H26ClN5OS. The molecule has 2 heterocycles. The average Bonchev–Trinajstić information content (AvgIpc) is 3.03. The lowest BCUT2D eigenvalue weighted by Crippen LogP contribution is -2.40. The number of hydrogen-bond acceptors (Lipinski definition) is 5. The molecule has 0 aliphatic carbocycles. The van der Waals surface area contributed by atoms with Gasteiger partial charge in [-0.3, -0.25) is 15.2 Å². The zero-order valence-electron chi connectivity index (χ0n) is 15.3. The third kappa shape index (κ3) is 5.46. The van der Waals surface area contributed by atoms with Crippen molar-refractivity contribution in [2.75, 3.05) is 23.4 Å². The van der Waals surface area contributed by atoms with Crippen LogP contribution in [-0.4, -0.2) is 45.2 Å². The molecule has 1 aromatic carbocycles. The third-order valence-corrected chi connectivity index (χ3v) is 5.32. The second-order valence-electron chi connectivity index (χ2n) is 7.31. The maximum atomic E-state index is 12.1. The Morgan fingerprint density at radius 1 is 1.31 bits per heavy atom. The van der Waals surface area contributed by atoms with Crippen molar-refractivity contribution in [3.05, 3.63) is 29.8 Å². The Morgan fingerprint density at radius 2 is 2.04 bits per heavy atom. The van der Waals surface area contributed by atoms with Crippen LogP contribution in [0.2, 0.25) is 0 Å². The molecule has 3 rings (SSSR count). The zero-order chi connectivity index (χ0) is 17.9. The molecular weight excluding hydrogens is 370 g/mol. The van der Waals surface area contributed by atoms with Crippen LogP contribution in [0.5, 0.6) is 0 Å². The van der Waals surface area contributed by atoms with E-state index in [9.17, 15) is 4.79 Å². The summed E-state index contributed by atoms with van der Waals surface area (Å²) < 4.78 is 0. The van der Waals surface area contributed by atoms with Crippen LogP contribution < -0.4 is 10.6 Å². The minimum atomic E-state index is -0.0615. The van der Waals surface area contributed by atoms with Gasteiger partial charge in [-0.1, -0.05) is 45.0 Å². The van der Waals surface area contributed by atoms with Gasteiger partial charge in [-0.25, -0.2) is 0 Å². The molecule has 0 spiro atoms. The number of nitrogens with one attached hydrogen (secondary N) is 3. The first kappa shape index (κ1) is 20.7. The van der Waals surface area contributed by atoms with E-state index in [4.69, 9.17) is 0 Å². The molecule has 2 aromatic rings. The van der Waals surface area contributed by atoms with E-state index in [1.165, 1.54) is 5.56 Å². The van der Waals surface area contributed by atoms with Crippen LogP contribution in [0.15, 0.2) is 24.3 Å². The first-order chi connectivity index (χ1) is 11.9. The van der Waals surface area contributed by atoms with Gasteiger partial charge in [0.15, 0.2) is 5.82 Å². The number of anilines is 1. The number of thioether (sulfide) groups is 1. The Morgan fingerprint density at radius 3 is 2.65 bits per heavy atom. The van der Waals surface area contributed by atoms with E-state index in [1.807, 2.05) is 23.9 Å². The molecule has 8 heteroatoms. The topological polar surface area (TPSA) is 82.7 Å². The quantitative estimate of drug-likeness (QED) is 0.740. The van der Waals surface area contributed by atoms with Crippen molar-refractivity contribution >= 4 is 36.0 Å². The van der Waals surface area contributed by atoms with E-state index in [-0.39, 0.29) is 29.8 Å². The van der Waals surface area contributed by atoms with Crippen molar-refractivity contribution in [1.82, 2.24) is 20.5 Å². The lowest BCUT2D eigenvalue weighted by atomic mass is 9.87. The van der Waals surface area contributed by atoms with Crippen molar-refractivity contribution < 1.29 is 4.79 Å². The van der Waals surface area contributed by atoms with Gasteiger partial charge in [0, 0.05) is 36.1 Å². The molecule has 1 aliphatic heterocycles. The number of aromatic nitrogens is 3. The summed E-state index contributed by atoms with van der Waals surface area (Å²) in [6.45, 7) is 7.51. The van der Waals surface area contributed by atoms with Crippen LogP contribution >= 0.6 is 24.2 Å². The van der Waals surface area contributed by atoms with Crippen LogP contribution in [0.3, 0.4) is 0 Å². The number of carbonyl (C=O) groups excluding carboxylic acids is 1. The smallest absolute Gasteiger partial charge is 0.249 e. The van der Waals surface area contributed by atoms with Gasteiger partial charge in [-0.15, -0.1) is 17.5 Å². The molecule has 1 unspecified atom stereocenters. The summed E-state index contributed by atoms with van der Waals surface area (Å²) in [6, 6.07) is 8.47. The zero-order valence-corrected chi connectivity index (χ0v) is 17.0. The number of nitrogens with zero attached hydrogens (tertiary/aromatic N) is 2. The van der Waals surface area contributed by atoms with Crippen LogP contribution in [0, 0.1) is 0 Å². The molecule has 1 aliphatic rings. The molecule has 1 amide bonds. The second kappa shape index (κ2) is 8.88. The fraction of sp³-hybridized carbons (Fsp3) is 0.500. The van der Waals surface area contributed by atoms with Gasteiger partial charge < -0.3 is 5.32 Å². The van der Waals surface area contributed by atoms with Crippen molar-refractivity contribution in [3.8, 4) is 11.4 Å². The molecule has 0 bridgehead atoms. The average molecular weight is 396 g/mol. The highest BCUT2D eigenvalue weighted by atomic mass is 35.5. The highest BCUT2D eigenvalue weighted by molar-refractivity contribution is 7.99. The van der Waals surface area contributed by atoms with E-state index in [0.717, 1.165) is 23.6 Å². The Kier molecular flexibility index (Phi) is 7.08. The molecule has 1 aromatic heterocycles. The minimum absolute atomic E-state index is 0. The van der Waals surface area contributed by atoms with Gasteiger partial charge in [-0.05, 0) is 11.0 Å². The van der Waals surface area contributed by atoms with Gasteiger partial charge in [0.05, 0.1) is 0 Å². The summed E-state index contributed by atoms with van der Waals surface area (Å²) in [6.07, 6.45) is 0.442. The number of halogens is 1. The molecule has 0 radical (unpaired) electrons. The molecule has 3 N–H and O–H groups in total. The fourth-order valence-corrected chi connectivity index (χ4v) is 3.67. The van der Waals surface area contributed by atoms with E-state index in [0.29, 0.717) is 18.2 Å². The predicted molar refractivity (Wildman–Crippen MR) is 110 cm³/mol. The summed E-state index contributed by atoms with van der Waals surface area (Å²) >= 11 is 1.88. The summed E-state index contributed by atoms with van der Waals surface area (Å²) in [5.74, 6) is 2.99. The lowest BCUT2D eigenvalue weighted by molar-refractivity contribution is -0.116. The highest BCUT2D eigenvalue weighted by Gasteiger charge is 2.18. The molecule has 1 fully saturated rings. The van der Waals surface area contributed by atoms with Crippen molar-refractivity contribution in [2.24, 2.45) is 0 Å². The largest absolute Gasteiger partial charge is 0.312 e. The standard InChI is InChI=1S/C18H25N5OS.ClH/c1-18(2,3)13-6-4-12(5-7-13)16-21-17(23-22-16)20-15(24)10-14-11-25-9-8-19-14;/h4-7,14,19H,8-11H2,1-3H3,(H2,20,21,22,23,24);1H. The van der Waals surface area contributed by atoms with Gasteiger partial charge in [0.1, 0.15) is 0 Å². The van der Waals surface area contributed by atoms with Crippen LogP contribution in [0.4, 0.5) is 5.95 Å². The summed E-state index contributed by atoms with van der Waals surface area (Å²) in [7, 11) is 0. The third-order valence-electron chi connectivity index (χ3n) is 4.19. The van der Waals surface area contributed by atoms with Crippen molar-refractivity contribution in [1.29, 1.82) is 0 Å². The Hall–Kier alpha value is -1.57. The maximum absolute atomic E-state index is 12.1. The fourth-order valence-electron chi connectivity index (χ4n) is 2.73. The molecule has 26 heavy (non-hydrogen) atoms. The van der Waals surface area contributed by atoms with Gasteiger partial charge in [0.2, 0.25) is 11.9 Å². The number of aromatic amines is 1. The van der Waals surface area contributed by atoms with Gasteiger partial charge >= 0.3 is 0 Å². The predicted octanol–water partition coefficient (Wildman–Crippen LogP) is 3.22. The minimum Gasteiger partial charge on any atom is -0.312 e. The van der Waals surface area contributed by atoms with E-state index < -0.39 is 0 Å².